The highest BCUT2D eigenvalue weighted by Gasteiger charge is 2.31. The number of fused-ring (bicyclic) bond motifs is 3. The second-order valence-electron chi connectivity index (χ2n) is 9.00. The largest absolute Gasteiger partial charge is 0.450 e. The highest BCUT2D eigenvalue weighted by Crippen LogP contribution is 2.37. The van der Waals surface area contributed by atoms with Gasteiger partial charge in [0.05, 0.1) is 30.3 Å². The predicted molar refractivity (Wildman–Crippen MR) is 124 cm³/mol. The average Bonchev–Trinajstić information content (AvgIpc) is 3.50. The molecule has 0 aromatic carbocycles. The average molecular weight is 460 g/mol. The Kier molecular flexibility index (Phi) is 4.63. The summed E-state index contributed by atoms with van der Waals surface area (Å²) >= 11 is 0. The Balaban J connectivity index is 1.67. The van der Waals surface area contributed by atoms with Gasteiger partial charge in [-0.25, -0.2) is 9.78 Å². The first-order chi connectivity index (χ1) is 16.4. The van der Waals surface area contributed by atoms with Gasteiger partial charge in [-0.2, -0.15) is 10.1 Å². The first-order valence-corrected chi connectivity index (χ1v) is 11.2. The van der Waals surface area contributed by atoms with E-state index in [1.165, 1.54) is 0 Å². The Labute approximate surface area is 194 Å². The van der Waals surface area contributed by atoms with Gasteiger partial charge in [-0.1, -0.05) is 5.21 Å². The van der Waals surface area contributed by atoms with E-state index in [0.29, 0.717) is 57.7 Å². The van der Waals surface area contributed by atoms with Crippen molar-refractivity contribution in [3.05, 3.63) is 41.2 Å². The van der Waals surface area contributed by atoms with Crippen LogP contribution in [-0.2, 0) is 18.8 Å². The highest BCUT2D eigenvalue weighted by atomic mass is 16.5. The molecule has 1 aliphatic rings. The summed E-state index contributed by atoms with van der Waals surface area (Å²) in [4.78, 5) is 22.9. The number of aryl methyl sites for hydroxylation is 2. The molecule has 1 saturated heterocycles. The number of nitrogens with zero attached hydrogens (tertiary/aromatic N) is 8. The third-order valence-corrected chi connectivity index (χ3v) is 6.26. The fraction of sp³-hybridized carbons (Fsp3) is 0.391. The van der Waals surface area contributed by atoms with Gasteiger partial charge in [0.25, 0.3) is 0 Å². The van der Waals surface area contributed by atoms with E-state index in [9.17, 15) is 4.79 Å². The molecule has 1 fully saturated rings. The lowest BCUT2D eigenvalue weighted by Gasteiger charge is -2.33. The van der Waals surface area contributed by atoms with E-state index in [-0.39, 0.29) is 23.9 Å². The summed E-state index contributed by atoms with van der Waals surface area (Å²) in [5, 5.41) is 12.5. The fourth-order valence-corrected chi connectivity index (χ4v) is 4.91. The van der Waals surface area contributed by atoms with E-state index in [2.05, 4.69) is 20.4 Å². The van der Waals surface area contributed by atoms with Crippen LogP contribution in [0.5, 0.6) is 0 Å². The first-order valence-electron chi connectivity index (χ1n) is 11.2. The summed E-state index contributed by atoms with van der Waals surface area (Å²) in [5.74, 6) is 0. The van der Waals surface area contributed by atoms with Gasteiger partial charge in [0.15, 0.2) is 11.2 Å². The minimum atomic E-state index is -0.341. The molecule has 0 N–H and O–H groups in total. The quantitative estimate of drug-likeness (QED) is 0.403. The molecule has 174 valence electrons. The number of pyridine rings is 1. The van der Waals surface area contributed by atoms with Crippen LogP contribution in [0, 0.1) is 0 Å². The van der Waals surface area contributed by atoms with E-state index >= 15 is 0 Å². The summed E-state index contributed by atoms with van der Waals surface area (Å²) in [6.45, 7) is 4.06. The molecule has 6 rings (SSSR count). The fourth-order valence-electron chi connectivity index (χ4n) is 4.91. The van der Waals surface area contributed by atoms with Gasteiger partial charge < -0.3 is 9.15 Å². The molecule has 0 amide bonds. The van der Waals surface area contributed by atoms with Crippen molar-refractivity contribution >= 4 is 22.2 Å². The molecule has 0 saturated carbocycles. The molecule has 0 bridgehead atoms. The molecule has 0 aliphatic carbocycles. The maximum absolute atomic E-state index is 13.5. The number of hydrogen-bond acceptors (Lipinski definition) is 8. The smallest absolute Gasteiger partial charge is 0.349 e. The number of ether oxygens (including phenoxy) is 1. The Morgan fingerprint density at radius 2 is 1.79 bits per heavy atom. The molecular weight excluding hydrogens is 436 g/mol. The van der Waals surface area contributed by atoms with Crippen LogP contribution in [0.25, 0.3) is 44.8 Å². The Morgan fingerprint density at radius 3 is 2.47 bits per heavy atom. The zero-order valence-electron chi connectivity index (χ0n) is 19.3. The molecule has 0 radical (unpaired) electrons. The van der Waals surface area contributed by atoms with Crippen LogP contribution in [-0.4, -0.2) is 51.5 Å². The van der Waals surface area contributed by atoms with Crippen molar-refractivity contribution in [1.29, 1.82) is 0 Å². The summed E-state index contributed by atoms with van der Waals surface area (Å²) < 4.78 is 17.3. The standard InChI is InChI=1S/C23H24N8O3/c1-12-7-15(8-13(2)33-12)31-21-20-18(6-5-16(25-20)17-11-30(4)28-27-17)34-22(21)19(26-23(31)32)14-9-24-29(3)10-14/h5-6,9-13,15H,7-8H2,1-4H3/t12-,13+,15+. The lowest BCUT2D eigenvalue weighted by molar-refractivity contribution is -0.0486. The zero-order chi connectivity index (χ0) is 23.6. The number of rotatable bonds is 3. The monoisotopic (exact) mass is 460 g/mol. The molecule has 0 spiro atoms. The van der Waals surface area contributed by atoms with Gasteiger partial charge in [0.1, 0.15) is 22.4 Å². The molecule has 34 heavy (non-hydrogen) atoms. The second-order valence-corrected chi connectivity index (χ2v) is 9.00. The maximum Gasteiger partial charge on any atom is 0.349 e. The minimum absolute atomic E-state index is 0.0231. The Bertz CT molecular complexity index is 1580. The van der Waals surface area contributed by atoms with E-state index in [1.807, 2.05) is 39.2 Å². The lowest BCUT2D eigenvalue weighted by atomic mass is 9.99. The van der Waals surface area contributed by atoms with Crippen LogP contribution < -0.4 is 5.69 Å². The molecule has 0 unspecified atom stereocenters. The van der Waals surface area contributed by atoms with Crippen LogP contribution in [0.3, 0.4) is 0 Å². The molecule has 6 heterocycles. The molecule has 5 aromatic heterocycles. The van der Waals surface area contributed by atoms with Gasteiger partial charge in [0, 0.05) is 31.9 Å². The second kappa shape index (κ2) is 7.59. The van der Waals surface area contributed by atoms with Crippen molar-refractivity contribution in [3.63, 3.8) is 0 Å². The maximum atomic E-state index is 13.5. The zero-order valence-corrected chi connectivity index (χ0v) is 19.3. The van der Waals surface area contributed by atoms with Crippen LogP contribution in [0.2, 0.25) is 0 Å². The van der Waals surface area contributed by atoms with Crippen LogP contribution >= 0.6 is 0 Å². The van der Waals surface area contributed by atoms with E-state index in [0.717, 1.165) is 0 Å². The number of furan rings is 1. The molecule has 5 aromatic rings. The molecule has 1 aliphatic heterocycles. The van der Waals surface area contributed by atoms with Gasteiger partial charge in [-0.15, -0.1) is 5.10 Å². The Hall–Kier alpha value is -3.86. The van der Waals surface area contributed by atoms with Crippen molar-refractivity contribution in [2.45, 2.75) is 44.9 Å². The third-order valence-electron chi connectivity index (χ3n) is 6.26. The van der Waals surface area contributed by atoms with E-state index in [1.54, 1.807) is 33.4 Å². The van der Waals surface area contributed by atoms with Crippen LogP contribution in [0.1, 0.15) is 32.7 Å². The van der Waals surface area contributed by atoms with Gasteiger partial charge in [-0.05, 0) is 38.8 Å². The first kappa shape index (κ1) is 20.7. The van der Waals surface area contributed by atoms with Gasteiger partial charge >= 0.3 is 5.69 Å². The van der Waals surface area contributed by atoms with Crippen molar-refractivity contribution < 1.29 is 9.15 Å². The lowest BCUT2D eigenvalue weighted by Crippen LogP contribution is -2.36. The van der Waals surface area contributed by atoms with Crippen molar-refractivity contribution in [1.82, 2.24) is 39.3 Å². The van der Waals surface area contributed by atoms with E-state index < -0.39 is 0 Å². The SMILES string of the molecule is C[C@@H]1C[C@H](n2c(=O)nc(-c3cnn(C)c3)c3oc4ccc(-c5cn(C)nn5)nc4c32)C[C@H](C)O1. The molecular formula is C23H24N8O3. The van der Waals surface area contributed by atoms with Gasteiger partial charge in [-0.3, -0.25) is 13.9 Å². The van der Waals surface area contributed by atoms with E-state index in [4.69, 9.17) is 14.1 Å². The summed E-state index contributed by atoms with van der Waals surface area (Å²) in [7, 11) is 3.62. The van der Waals surface area contributed by atoms with Crippen LogP contribution in [0.15, 0.2) is 39.9 Å². The van der Waals surface area contributed by atoms with Gasteiger partial charge in [0.2, 0.25) is 0 Å². The normalized spacial score (nSPS) is 21.0. The molecule has 3 atom stereocenters. The Morgan fingerprint density at radius 1 is 1.00 bits per heavy atom. The minimum Gasteiger partial charge on any atom is -0.450 e. The molecule has 11 nitrogen and oxygen atoms in total. The van der Waals surface area contributed by atoms with Crippen molar-refractivity contribution in [2.75, 3.05) is 0 Å². The highest BCUT2D eigenvalue weighted by molar-refractivity contribution is 6.05. The number of hydrogen-bond donors (Lipinski definition) is 0. The number of aromatic nitrogens is 8. The third kappa shape index (κ3) is 3.31. The van der Waals surface area contributed by atoms with Crippen molar-refractivity contribution in [2.24, 2.45) is 14.1 Å². The summed E-state index contributed by atoms with van der Waals surface area (Å²) in [6, 6.07) is 3.60. The predicted octanol–water partition coefficient (Wildman–Crippen LogP) is 2.86. The summed E-state index contributed by atoms with van der Waals surface area (Å²) in [5.41, 5.74) is 4.42. The molecule has 11 heteroatoms. The summed E-state index contributed by atoms with van der Waals surface area (Å²) in [6.07, 6.45) is 6.73. The van der Waals surface area contributed by atoms with Crippen LogP contribution in [0.4, 0.5) is 0 Å². The van der Waals surface area contributed by atoms with Crippen molar-refractivity contribution in [3.8, 4) is 22.6 Å². The topological polar surface area (TPSA) is 119 Å².